The van der Waals surface area contributed by atoms with E-state index in [1.165, 1.54) is 14.2 Å². The summed E-state index contributed by atoms with van der Waals surface area (Å²) in [6.45, 7) is 2.04. The second-order valence-electron chi connectivity index (χ2n) is 8.86. The number of halogens is 1. The summed E-state index contributed by atoms with van der Waals surface area (Å²) >= 11 is 5.94. The molecule has 0 unspecified atom stereocenters. The molecule has 5 aromatic rings. The molecular formula is C28H26ClN5O6. The van der Waals surface area contributed by atoms with E-state index in [1.54, 1.807) is 42.5 Å². The van der Waals surface area contributed by atoms with Crippen LogP contribution in [-0.4, -0.2) is 44.7 Å². The molecule has 0 aliphatic heterocycles. The van der Waals surface area contributed by atoms with E-state index in [9.17, 15) is 9.90 Å². The molecule has 11 nitrogen and oxygen atoms in total. The van der Waals surface area contributed by atoms with Gasteiger partial charge in [-0.25, -0.2) is 0 Å². The fraction of sp³-hybridized carbons (Fsp3) is 0.250. The highest BCUT2D eigenvalue weighted by Gasteiger charge is 2.27. The van der Waals surface area contributed by atoms with Gasteiger partial charge >= 0.3 is 0 Å². The number of nitrogens with one attached hydrogen (secondary N) is 1. The fourth-order valence-electron chi connectivity index (χ4n) is 4.33. The molecule has 2 N–H and O–H groups in total. The number of benzene rings is 2. The Bertz CT molecular complexity index is 1670. The first kappa shape index (κ1) is 26.9. The Morgan fingerprint density at radius 3 is 2.12 bits per heavy atom. The fourth-order valence-corrected chi connectivity index (χ4v) is 4.46. The molecule has 3 heterocycles. The van der Waals surface area contributed by atoms with Gasteiger partial charge < -0.3 is 28.4 Å². The van der Waals surface area contributed by atoms with Gasteiger partial charge in [0.1, 0.15) is 29.2 Å². The Labute approximate surface area is 233 Å². The van der Waals surface area contributed by atoms with Gasteiger partial charge in [0.05, 0.1) is 25.3 Å². The average Bonchev–Trinajstić information content (AvgIpc) is 3.62. The summed E-state index contributed by atoms with van der Waals surface area (Å²) in [6, 6.07) is 12.2. The number of methoxy groups -OCH3 is 2. The summed E-state index contributed by atoms with van der Waals surface area (Å²) in [5.74, 6) is 1.09. The number of aryl methyl sites for hydroxylation is 1. The number of aromatic amines is 1. The maximum Gasteiger partial charge on any atom is 0.264 e. The van der Waals surface area contributed by atoms with Crippen LogP contribution in [0.2, 0.25) is 5.02 Å². The minimum Gasteiger partial charge on any atom is -0.506 e. The topological polar surface area (TPSA) is 149 Å². The molecular weight excluding hydrogens is 538 g/mol. The zero-order chi connectivity index (χ0) is 28.2. The van der Waals surface area contributed by atoms with E-state index in [0.29, 0.717) is 51.2 Å². The van der Waals surface area contributed by atoms with Crippen molar-refractivity contribution in [1.29, 1.82) is 0 Å². The minimum absolute atomic E-state index is 0.0219. The summed E-state index contributed by atoms with van der Waals surface area (Å²) in [6.07, 6.45) is 2.20. The van der Waals surface area contributed by atoms with E-state index in [-0.39, 0.29) is 35.4 Å². The van der Waals surface area contributed by atoms with Crippen LogP contribution >= 0.6 is 11.6 Å². The first-order valence-electron chi connectivity index (χ1n) is 12.5. The SMILES string of the molecule is CCCCc1[nH]c(=O)c(-c2nnc(Cc3nnc(-c4ccc(Cl)cc4)o3)o2)c(O)c1-c1c(OC)cccc1OC. The van der Waals surface area contributed by atoms with Crippen molar-refractivity contribution in [3.63, 3.8) is 0 Å². The van der Waals surface area contributed by atoms with Crippen LogP contribution in [0.3, 0.4) is 0 Å². The maximum atomic E-state index is 13.2. The summed E-state index contributed by atoms with van der Waals surface area (Å²) < 4.78 is 22.7. The molecule has 0 bridgehead atoms. The Morgan fingerprint density at radius 1 is 0.875 bits per heavy atom. The number of aromatic hydroxyl groups is 1. The van der Waals surface area contributed by atoms with Gasteiger partial charge in [-0.1, -0.05) is 31.0 Å². The van der Waals surface area contributed by atoms with Gasteiger partial charge in [0.15, 0.2) is 0 Å². The third-order valence-corrected chi connectivity index (χ3v) is 6.52. The van der Waals surface area contributed by atoms with Gasteiger partial charge in [-0.2, -0.15) is 0 Å². The first-order chi connectivity index (χ1) is 19.4. The largest absolute Gasteiger partial charge is 0.506 e. The highest BCUT2D eigenvalue weighted by molar-refractivity contribution is 6.30. The van der Waals surface area contributed by atoms with Gasteiger partial charge in [0.25, 0.3) is 11.4 Å². The molecule has 12 heteroatoms. The number of hydrogen-bond acceptors (Lipinski definition) is 10. The monoisotopic (exact) mass is 563 g/mol. The lowest BCUT2D eigenvalue weighted by Crippen LogP contribution is -2.14. The van der Waals surface area contributed by atoms with Crippen molar-refractivity contribution in [1.82, 2.24) is 25.4 Å². The second kappa shape index (κ2) is 11.6. The number of pyridine rings is 1. The van der Waals surface area contributed by atoms with E-state index < -0.39 is 5.56 Å². The molecule has 40 heavy (non-hydrogen) atoms. The molecule has 0 fully saturated rings. The number of nitrogens with zero attached hydrogens (tertiary/aromatic N) is 4. The predicted molar refractivity (Wildman–Crippen MR) is 147 cm³/mol. The number of hydrogen-bond donors (Lipinski definition) is 2. The highest BCUT2D eigenvalue weighted by atomic mass is 35.5. The first-order valence-corrected chi connectivity index (χ1v) is 12.9. The summed E-state index contributed by atoms with van der Waals surface area (Å²) in [5.41, 5.74) is 1.36. The Hall–Kier alpha value is -4.64. The molecule has 3 aromatic heterocycles. The minimum atomic E-state index is -0.570. The van der Waals surface area contributed by atoms with Crippen LogP contribution in [0.1, 0.15) is 37.2 Å². The van der Waals surface area contributed by atoms with Gasteiger partial charge in [-0.05, 0) is 49.2 Å². The van der Waals surface area contributed by atoms with Crippen LogP contribution in [0.4, 0.5) is 0 Å². The van der Waals surface area contributed by atoms with Crippen molar-refractivity contribution in [2.45, 2.75) is 32.6 Å². The second-order valence-corrected chi connectivity index (χ2v) is 9.29. The normalized spacial score (nSPS) is 11.1. The van der Waals surface area contributed by atoms with Crippen LogP contribution in [0.5, 0.6) is 17.2 Å². The summed E-state index contributed by atoms with van der Waals surface area (Å²) in [7, 11) is 3.04. The molecule has 0 radical (unpaired) electrons. The number of aromatic nitrogens is 5. The quantitative estimate of drug-likeness (QED) is 0.224. The van der Waals surface area contributed by atoms with Crippen molar-refractivity contribution in [3.05, 3.63) is 75.3 Å². The Balaban J connectivity index is 1.53. The maximum absolute atomic E-state index is 13.2. The van der Waals surface area contributed by atoms with Crippen LogP contribution < -0.4 is 15.0 Å². The van der Waals surface area contributed by atoms with E-state index in [2.05, 4.69) is 25.4 Å². The average molecular weight is 564 g/mol. The number of H-pyrrole nitrogens is 1. The lowest BCUT2D eigenvalue weighted by molar-refractivity contribution is 0.396. The highest BCUT2D eigenvalue weighted by Crippen LogP contribution is 2.46. The third-order valence-electron chi connectivity index (χ3n) is 6.27. The van der Waals surface area contributed by atoms with E-state index in [4.69, 9.17) is 29.9 Å². The molecule has 5 rings (SSSR count). The van der Waals surface area contributed by atoms with Gasteiger partial charge in [0, 0.05) is 16.3 Å². The molecule has 0 spiro atoms. The lowest BCUT2D eigenvalue weighted by atomic mass is 9.96. The molecule has 206 valence electrons. The van der Waals surface area contributed by atoms with E-state index in [0.717, 1.165) is 12.8 Å². The standard InChI is InChI=1S/C28H26ClN5O6/c1-4-5-7-17-22(23-18(37-2)8-6-9-19(23)38-3)25(35)24(26(36)30-17)28-34-32-21(40-28)14-20-31-33-27(39-20)15-10-12-16(29)13-11-15/h6,8-13H,4-5,7,14H2,1-3H3,(H2,30,35,36). The third kappa shape index (κ3) is 5.28. The molecule has 0 aliphatic carbocycles. The van der Waals surface area contributed by atoms with Crippen molar-refractivity contribution in [3.8, 4) is 51.3 Å². The molecule has 0 saturated heterocycles. The Morgan fingerprint density at radius 2 is 1.50 bits per heavy atom. The van der Waals surface area contributed by atoms with E-state index >= 15 is 0 Å². The van der Waals surface area contributed by atoms with Gasteiger partial charge in [-0.15, -0.1) is 20.4 Å². The number of ether oxygens (including phenoxy) is 2. The van der Waals surface area contributed by atoms with Crippen molar-refractivity contribution in [2.24, 2.45) is 0 Å². The van der Waals surface area contributed by atoms with Gasteiger partial charge in [-0.3, -0.25) is 4.79 Å². The number of unbranched alkanes of at least 4 members (excludes halogenated alkanes) is 1. The zero-order valence-corrected chi connectivity index (χ0v) is 22.8. The van der Waals surface area contributed by atoms with Crippen LogP contribution in [0, 0.1) is 0 Å². The predicted octanol–water partition coefficient (Wildman–Crippen LogP) is 5.45. The van der Waals surface area contributed by atoms with Crippen molar-refractivity contribution in [2.75, 3.05) is 14.2 Å². The van der Waals surface area contributed by atoms with Crippen LogP contribution in [-0.2, 0) is 12.8 Å². The molecule has 0 aliphatic rings. The van der Waals surface area contributed by atoms with E-state index in [1.807, 2.05) is 6.92 Å². The number of rotatable bonds is 10. The Kier molecular flexibility index (Phi) is 7.83. The van der Waals surface area contributed by atoms with Crippen LogP contribution in [0.25, 0.3) is 34.0 Å². The van der Waals surface area contributed by atoms with Crippen LogP contribution in [0.15, 0.2) is 56.1 Å². The molecule has 2 aromatic carbocycles. The molecule has 0 atom stereocenters. The van der Waals surface area contributed by atoms with Gasteiger partial charge in [0.2, 0.25) is 17.7 Å². The molecule has 0 saturated carbocycles. The summed E-state index contributed by atoms with van der Waals surface area (Å²) in [5, 5.41) is 28.3. The summed E-state index contributed by atoms with van der Waals surface area (Å²) in [4.78, 5) is 16.1. The zero-order valence-electron chi connectivity index (χ0n) is 22.0. The molecule has 0 amide bonds. The van der Waals surface area contributed by atoms with Crippen molar-refractivity contribution >= 4 is 11.6 Å². The smallest absolute Gasteiger partial charge is 0.264 e. The van der Waals surface area contributed by atoms with Crippen molar-refractivity contribution < 1.29 is 23.4 Å². The lowest BCUT2D eigenvalue weighted by Gasteiger charge is -2.18.